The van der Waals surface area contributed by atoms with Gasteiger partial charge < -0.3 is 20.1 Å². The quantitative estimate of drug-likeness (QED) is 0.536. The summed E-state index contributed by atoms with van der Waals surface area (Å²) >= 11 is 0. The summed E-state index contributed by atoms with van der Waals surface area (Å²) in [4.78, 5) is 37.6. The number of ether oxygens (including phenoxy) is 2. The van der Waals surface area contributed by atoms with Gasteiger partial charge in [-0.3, -0.25) is 4.79 Å². The van der Waals surface area contributed by atoms with E-state index in [1.54, 1.807) is 24.3 Å². The highest BCUT2D eigenvalue weighted by atomic mass is 16.5. The van der Waals surface area contributed by atoms with Gasteiger partial charge >= 0.3 is 12.1 Å². The molecule has 2 aromatic carbocycles. The minimum absolute atomic E-state index is 0.0756. The predicted octanol–water partition coefficient (Wildman–Crippen LogP) is 3.10. The Balaban J connectivity index is 2.04. The first-order chi connectivity index (χ1) is 15.8. The molecule has 0 saturated carbocycles. The number of hydrogen-bond donors (Lipinski definition) is 2. The average Bonchev–Trinajstić information content (AvgIpc) is 2.82. The molecule has 0 aliphatic rings. The van der Waals surface area contributed by atoms with Gasteiger partial charge in [-0.1, -0.05) is 56.3 Å². The second kappa shape index (κ2) is 12.9. The molecule has 8 heteroatoms. The third-order valence-corrected chi connectivity index (χ3v) is 4.85. The number of carbonyl (C=O) groups is 3. The van der Waals surface area contributed by atoms with Crippen molar-refractivity contribution in [2.24, 2.45) is 5.92 Å². The van der Waals surface area contributed by atoms with Crippen LogP contribution in [0.2, 0.25) is 0 Å². The molecule has 0 radical (unpaired) electrons. The van der Waals surface area contributed by atoms with E-state index in [1.165, 1.54) is 7.11 Å². The van der Waals surface area contributed by atoms with Crippen LogP contribution in [0, 0.1) is 17.2 Å². The lowest BCUT2D eigenvalue weighted by Crippen LogP contribution is -2.53. The van der Waals surface area contributed by atoms with Gasteiger partial charge in [-0.05, 0) is 35.6 Å². The highest BCUT2D eigenvalue weighted by Crippen LogP contribution is 2.10. The summed E-state index contributed by atoms with van der Waals surface area (Å²) in [7, 11) is 1.24. The van der Waals surface area contributed by atoms with Crippen LogP contribution in [0.15, 0.2) is 54.6 Å². The second-order valence-corrected chi connectivity index (χ2v) is 7.99. The number of nitrogens with one attached hydrogen (secondary N) is 2. The maximum atomic E-state index is 13.0. The fourth-order valence-electron chi connectivity index (χ4n) is 3.17. The van der Waals surface area contributed by atoms with E-state index in [9.17, 15) is 14.4 Å². The molecule has 0 bridgehead atoms. The molecule has 174 valence electrons. The van der Waals surface area contributed by atoms with Gasteiger partial charge in [0.25, 0.3) is 0 Å². The first kappa shape index (κ1) is 25.4. The zero-order chi connectivity index (χ0) is 24.2. The number of alkyl carbamates (subject to hydrolysis) is 1. The van der Waals surface area contributed by atoms with Crippen LogP contribution in [0.25, 0.3) is 0 Å². The van der Waals surface area contributed by atoms with E-state index >= 15 is 0 Å². The van der Waals surface area contributed by atoms with Gasteiger partial charge in [0.2, 0.25) is 5.91 Å². The van der Waals surface area contributed by atoms with Crippen molar-refractivity contribution >= 4 is 18.0 Å². The molecule has 0 aliphatic carbocycles. The number of nitriles is 1. The Morgan fingerprint density at radius 3 is 2.18 bits per heavy atom. The van der Waals surface area contributed by atoms with Crippen molar-refractivity contribution in [2.75, 3.05) is 7.11 Å². The summed E-state index contributed by atoms with van der Waals surface area (Å²) in [5.74, 6) is -1.02. The minimum Gasteiger partial charge on any atom is -0.467 e. The van der Waals surface area contributed by atoms with Crippen molar-refractivity contribution in [3.8, 4) is 6.07 Å². The maximum absolute atomic E-state index is 13.0. The van der Waals surface area contributed by atoms with Crippen molar-refractivity contribution in [3.63, 3.8) is 0 Å². The van der Waals surface area contributed by atoms with E-state index in [-0.39, 0.29) is 18.9 Å². The number of benzene rings is 2. The average molecular weight is 452 g/mol. The van der Waals surface area contributed by atoms with Crippen LogP contribution < -0.4 is 10.6 Å². The summed E-state index contributed by atoms with van der Waals surface area (Å²) in [6, 6.07) is 16.1. The van der Waals surface area contributed by atoms with Crippen LogP contribution in [-0.4, -0.2) is 37.2 Å². The molecule has 0 unspecified atom stereocenters. The summed E-state index contributed by atoms with van der Waals surface area (Å²) in [5.41, 5.74) is 2.07. The van der Waals surface area contributed by atoms with E-state index in [1.807, 2.05) is 50.2 Å². The van der Waals surface area contributed by atoms with E-state index in [4.69, 9.17) is 14.7 Å². The molecule has 0 spiro atoms. The van der Waals surface area contributed by atoms with Gasteiger partial charge in [-0.2, -0.15) is 5.26 Å². The van der Waals surface area contributed by atoms with Crippen molar-refractivity contribution in [3.05, 3.63) is 71.3 Å². The molecule has 0 heterocycles. The highest BCUT2D eigenvalue weighted by molar-refractivity contribution is 5.89. The predicted molar refractivity (Wildman–Crippen MR) is 122 cm³/mol. The molecule has 8 nitrogen and oxygen atoms in total. The Morgan fingerprint density at radius 1 is 0.939 bits per heavy atom. The number of nitrogens with zero attached hydrogens (tertiary/aromatic N) is 1. The molecular weight excluding hydrogens is 422 g/mol. The molecule has 2 atom stereocenters. The molecule has 0 saturated heterocycles. The van der Waals surface area contributed by atoms with Crippen molar-refractivity contribution in [1.29, 1.82) is 5.26 Å². The lowest BCUT2D eigenvalue weighted by molar-refractivity contribution is -0.145. The number of rotatable bonds is 10. The van der Waals surface area contributed by atoms with Gasteiger partial charge in [0.15, 0.2) is 0 Å². The molecule has 0 aliphatic heterocycles. The van der Waals surface area contributed by atoms with Gasteiger partial charge in [0.1, 0.15) is 18.7 Å². The van der Waals surface area contributed by atoms with Crippen LogP contribution in [0.3, 0.4) is 0 Å². The first-order valence-corrected chi connectivity index (χ1v) is 10.7. The van der Waals surface area contributed by atoms with Crippen LogP contribution in [0.5, 0.6) is 0 Å². The first-order valence-electron chi connectivity index (χ1n) is 10.7. The second-order valence-electron chi connectivity index (χ2n) is 7.99. The fourth-order valence-corrected chi connectivity index (χ4v) is 3.17. The monoisotopic (exact) mass is 451 g/mol. The normalized spacial score (nSPS) is 12.2. The largest absolute Gasteiger partial charge is 0.467 e. The molecule has 0 aromatic heterocycles. The van der Waals surface area contributed by atoms with Crippen LogP contribution >= 0.6 is 0 Å². The molecular formula is C25H29N3O5. The van der Waals surface area contributed by atoms with E-state index < -0.39 is 30.1 Å². The number of esters is 1. The highest BCUT2D eigenvalue weighted by Gasteiger charge is 2.28. The summed E-state index contributed by atoms with van der Waals surface area (Å²) in [5, 5.41) is 14.2. The van der Waals surface area contributed by atoms with E-state index in [0.29, 0.717) is 12.0 Å². The van der Waals surface area contributed by atoms with Crippen LogP contribution in [0.4, 0.5) is 4.79 Å². The molecule has 0 fully saturated rings. The Hall–Kier alpha value is -3.86. The standard InChI is InChI=1S/C25H29N3O5/c1-17(2)13-21(28-25(31)33-16-20-7-5-4-6-8-20)23(29)27-22(24(30)32-3)14-18-9-11-19(15-26)12-10-18/h4-12,17,21-22H,13-14,16H2,1-3H3,(H,27,29)(H,28,31)/t21-,22+/m0/s1. The van der Waals surface area contributed by atoms with Crippen molar-refractivity contribution in [1.82, 2.24) is 10.6 Å². The topological polar surface area (TPSA) is 118 Å². The third-order valence-electron chi connectivity index (χ3n) is 4.85. The zero-order valence-electron chi connectivity index (χ0n) is 19.0. The number of methoxy groups -OCH3 is 1. The third kappa shape index (κ3) is 8.65. The number of carbonyl (C=O) groups excluding carboxylic acids is 3. The zero-order valence-corrected chi connectivity index (χ0v) is 19.0. The van der Waals surface area contributed by atoms with Gasteiger partial charge in [0, 0.05) is 6.42 Å². The summed E-state index contributed by atoms with van der Waals surface area (Å²) in [6.07, 6.45) is -0.185. The summed E-state index contributed by atoms with van der Waals surface area (Å²) < 4.78 is 10.1. The molecule has 2 N–H and O–H groups in total. The SMILES string of the molecule is COC(=O)[C@@H](Cc1ccc(C#N)cc1)NC(=O)[C@H](CC(C)C)NC(=O)OCc1ccccc1. The Labute approximate surface area is 193 Å². The molecule has 2 aromatic rings. The molecule has 33 heavy (non-hydrogen) atoms. The van der Waals surface area contributed by atoms with Crippen molar-refractivity contribution < 1.29 is 23.9 Å². The minimum atomic E-state index is -0.952. The number of hydrogen-bond acceptors (Lipinski definition) is 6. The molecule has 2 amide bonds. The number of amides is 2. The Kier molecular flexibility index (Phi) is 9.90. The van der Waals surface area contributed by atoms with E-state index in [2.05, 4.69) is 10.6 Å². The van der Waals surface area contributed by atoms with Crippen molar-refractivity contribution in [2.45, 2.75) is 45.4 Å². The van der Waals surface area contributed by atoms with Crippen LogP contribution in [-0.2, 0) is 32.1 Å². The van der Waals surface area contributed by atoms with Gasteiger partial charge in [0.05, 0.1) is 18.7 Å². The van der Waals surface area contributed by atoms with Crippen LogP contribution in [0.1, 0.15) is 37.0 Å². The Morgan fingerprint density at radius 2 is 1.61 bits per heavy atom. The summed E-state index contributed by atoms with van der Waals surface area (Å²) in [6.45, 7) is 3.92. The van der Waals surface area contributed by atoms with Gasteiger partial charge in [-0.15, -0.1) is 0 Å². The lowest BCUT2D eigenvalue weighted by Gasteiger charge is -2.23. The van der Waals surface area contributed by atoms with E-state index in [0.717, 1.165) is 11.1 Å². The fraction of sp³-hybridized carbons (Fsp3) is 0.360. The molecule has 2 rings (SSSR count). The van der Waals surface area contributed by atoms with Gasteiger partial charge in [-0.25, -0.2) is 9.59 Å². The maximum Gasteiger partial charge on any atom is 0.408 e. The smallest absolute Gasteiger partial charge is 0.408 e. The lowest BCUT2D eigenvalue weighted by atomic mass is 10.0. The Bertz CT molecular complexity index is 968.